The van der Waals surface area contributed by atoms with Crippen molar-refractivity contribution in [1.29, 1.82) is 5.26 Å². The van der Waals surface area contributed by atoms with Crippen LogP contribution in [0, 0.1) is 17.1 Å². The first kappa shape index (κ1) is 22.3. The molecule has 174 valence electrons. The Hall–Kier alpha value is -4.51. The fourth-order valence-corrected chi connectivity index (χ4v) is 4.42. The Kier molecular flexibility index (Phi) is 5.98. The molecule has 3 aromatic carbocycles. The highest BCUT2D eigenvalue weighted by molar-refractivity contribution is 6.00. The molecule has 35 heavy (non-hydrogen) atoms. The van der Waals surface area contributed by atoms with Crippen LogP contribution in [-0.4, -0.2) is 46.8 Å². The Balaban J connectivity index is 1.35. The molecule has 0 bridgehead atoms. The molecule has 1 N–H and O–H groups in total. The van der Waals surface area contributed by atoms with Crippen molar-refractivity contribution < 1.29 is 9.18 Å². The van der Waals surface area contributed by atoms with Crippen molar-refractivity contribution in [2.75, 3.05) is 29.9 Å². The Labute approximate surface area is 202 Å². The number of nitrogens with zero attached hydrogens (tertiary/aromatic N) is 5. The predicted molar refractivity (Wildman–Crippen MR) is 133 cm³/mol. The second kappa shape index (κ2) is 9.39. The fourth-order valence-electron chi connectivity index (χ4n) is 4.42. The molecule has 0 saturated carbocycles. The first-order valence-electron chi connectivity index (χ1n) is 11.4. The highest BCUT2D eigenvalue weighted by Gasteiger charge is 2.29. The van der Waals surface area contributed by atoms with Crippen LogP contribution in [0.15, 0.2) is 72.8 Å². The molecule has 8 heteroatoms. The SMILES string of the molecule is C[C@H]1CN(c2nnc(-c3ccc(F)cc3)c3ccccc23)CCN1C(=O)Nc1ccc(C#N)cc1. The second-order valence-electron chi connectivity index (χ2n) is 8.53. The van der Waals surface area contributed by atoms with Crippen LogP contribution in [0.5, 0.6) is 0 Å². The molecule has 2 amide bonds. The first-order chi connectivity index (χ1) is 17.0. The second-order valence-corrected chi connectivity index (χ2v) is 8.53. The zero-order valence-electron chi connectivity index (χ0n) is 19.1. The first-order valence-corrected chi connectivity index (χ1v) is 11.4. The summed E-state index contributed by atoms with van der Waals surface area (Å²) in [5.74, 6) is 0.475. The van der Waals surface area contributed by atoms with E-state index in [9.17, 15) is 9.18 Å². The van der Waals surface area contributed by atoms with Crippen molar-refractivity contribution in [3.63, 3.8) is 0 Å². The van der Waals surface area contributed by atoms with Crippen LogP contribution in [0.1, 0.15) is 12.5 Å². The van der Waals surface area contributed by atoms with Gasteiger partial charge in [0, 0.05) is 47.7 Å². The van der Waals surface area contributed by atoms with Gasteiger partial charge in [-0.2, -0.15) is 5.26 Å². The number of hydrogen-bond donors (Lipinski definition) is 1. The van der Waals surface area contributed by atoms with Gasteiger partial charge >= 0.3 is 6.03 Å². The number of urea groups is 1. The normalized spacial score (nSPS) is 15.6. The van der Waals surface area contributed by atoms with Gasteiger partial charge in [-0.25, -0.2) is 9.18 Å². The molecule has 0 unspecified atom stereocenters. The largest absolute Gasteiger partial charge is 0.351 e. The molecule has 0 aliphatic carbocycles. The lowest BCUT2D eigenvalue weighted by atomic mass is 10.0. The lowest BCUT2D eigenvalue weighted by Crippen LogP contribution is -2.55. The molecule has 1 atom stereocenters. The number of halogens is 1. The topological polar surface area (TPSA) is 85.2 Å². The van der Waals surface area contributed by atoms with Crippen LogP contribution in [0.2, 0.25) is 0 Å². The van der Waals surface area contributed by atoms with Crippen molar-refractivity contribution in [3.8, 4) is 17.3 Å². The Morgan fingerprint density at radius 1 is 1.00 bits per heavy atom. The van der Waals surface area contributed by atoms with Crippen LogP contribution in [0.3, 0.4) is 0 Å². The molecule has 2 heterocycles. The summed E-state index contributed by atoms with van der Waals surface area (Å²) < 4.78 is 13.4. The van der Waals surface area contributed by atoms with E-state index < -0.39 is 0 Å². The number of aromatic nitrogens is 2. The number of amides is 2. The van der Waals surface area contributed by atoms with E-state index in [2.05, 4.69) is 26.5 Å². The molecule has 5 rings (SSSR count). The third-order valence-corrected chi connectivity index (χ3v) is 6.24. The van der Waals surface area contributed by atoms with Gasteiger partial charge < -0.3 is 15.1 Å². The van der Waals surface area contributed by atoms with Crippen LogP contribution in [-0.2, 0) is 0 Å². The Bertz CT molecular complexity index is 1410. The van der Waals surface area contributed by atoms with Crippen LogP contribution < -0.4 is 10.2 Å². The number of carbonyl (C=O) groups is 1. The van der Waals surface area contributed by atoms with Crippen molar-refractivity contribution >= 4 is 28.3 Å². The molecule has 7 nitrogen and oxygen atoms in total. The van der Waals surface area contributed by atoms with E-state index in [-0.39, 0.29) is 17.9 Å². The molecule has 1 aromatic heterocycles. The van der Waals surface area contributed by atoms with Crippen molar-refractivity contribution in [3.05, 3.63) is 84.2 Å². The molecular weight excluding hydrogens is 443 g/mol. The average molecular weight is 467 g/mol. The standard InChI is InChI=1S/C27H23FN6O/c1-18-17-33(14-15-34(18)27(35)30-22-12-6-19(16-29)7-13-22)26-24-5-3-2-4-23(24)25(31-32-26)20-8-10-21(28)11-9-20/h2-13,18H,14-15,17H2,1H3,(H,30,35)/t18-/m0/s1. The number of benzene rings is 3. The van der Waals surface area contributed by atoms with Crippen molar-refractivity contribution in [2.45, 2.75) is 13.0 Å². The number of nitriles is 1. The van der Waals surface area contributed by atoms with Crippen LogP contribution in [0.25, 0.3) is 22.0 Å². The van der Waals surface area contributed by atoms with Gasteiger partial charge in [-0.15, -0.1) is 10.2 Å². The lowest BCUT2D eigenvalue weighted by Gasteiger charge is -2.40. The third-order valence-electron chi connectivity index (χ3n) is 6.24. The fraction of sp³-hybridized carbons (Fsp3) is 0.185. The van der Waals surface area contributed by atoms with E-state index in [0.717, 1.165) is 22.2 Å². The maximum Gasteiger partial charge on any atom is 0.322 e. The minimum Gasteiger partial charge on any atom is -0.351 e. The van der Waals surface area contributed by atoms with Crippen molar-refractivity contribution in [1.82, 2.24) is 15.1 Å². The number of fused-ring (bicyclic) bond motifs is 1. The highest BCUT2D eigenvalue weighted by Crippen LogP contribution is 2.32. The predicted octanol–water partition coefficient (Wildman–Crippen LogP) is 5.05. The summed E-state index contributed by atoms with van der Waals surface area (Å²) in [6.07, 6.45) is 0. The van der Waals surface area contributed by atoms with E-state index in [1.165, 1.54) is 12.1 Å². The van der Waals surface area contributed by atoms with Crippen LogP contribution >= 0.6 is 0 Å². The summed E-state index contributed by atoms with van der Waals surface area (Å²) in [5.41, 5.74) is 2.71. The zero-order chi connectivity index (χ0) is 24.4. The molecule has 0 spiro atoms. The molecular formula is C27H23FN6O. The van der Waals surface area contributed by atoms with Gasteiger partial charge in [0.25, 0.3) is 0 Å². The van der Waals surface area contributed by atoms with E-state index >= 15 is 0 Å². The van der Waals surface area contributed by atoms with E-state index in [4.69, 9.17) is 5.26 Å². The van der Waals surface area contributed by atoms with Crippen molar-refractivity contribution in [2.24, 2.45) is 0 Å². The van der Waals surface area contributed by atoms with Gasteiger partial charge in [0.1, 0.15) is 11.5 Å². The molecule has 1 aliphatic heterocycles. The van der Waals surface area contributed by atoms with Gasteiger partial charge in [-0.1, -0.05) is 24.3 Å². The minimum atomic E-state index is -0.294. The number of piperazine rings is 1. The number of rotatable bonds is 3. The third kappa shape index (κ3) is 4.49. The maximum absolute atomic E-state index is 13.4. The van der Waals surface area contributed by atoms with Gasteiger partial charge in [0.05, 0.1) is 11.6 Å². The zero-order valence-corrected chi connectivity index (χ0v) is 19.1. The minimum absolute atomic E-state index is 0.0560. The molecule has 1 aliphatic rings. The molecule has 0 radical (unpaired) electrons. The number of carbonyl (C=O) groups excluding carboxylic acids is 1. The van der Waals surface area contributed by atoms with E-state index in [1.807, 2.05) is 31.2 Å². The summed E-state index contributed by atoms with van der Waals surface area (Å²) in [5, 5.41) is 22.8. The summed E-state index contributed by atoms with van der Waals surface area (Å²) >= 11 is 0. The highest BCUT2D eigenvalue weighted by atomic mass is 19.1. The van der Waals surface area contributed by atoms with E-state index in [1.54, 1.807) is 41.3 Å². The monoisotopic (exact) mass is 466 g/mol. The smallest absolute Gasteiger partial charge is 0.322 e. The van der Waals surface area contributed by atoms with Gasteiger partial charge in [0.15, 0.2) is 5.82 Å². The molecule has 4 aromatic rings. The van der Waals surface area contributed by atoms with E-state index in [0.29, 0.717) is 36.6 Å². The Morgan fingerprint density at radius 2 is 1.71 bits per heavy atom. The molecule has 1 saturated heterocycles. The number of anilines is 2. The summed E-state index contributed by atoms with van der Waals surface area (Å²) in [6, 6.07) is 22.8. The summed E-state index contributed by atoms with van der Waals surface area (Å²) in [7, 11) is 0. The number of hydrogen-bond acceptors (Lipinski definition) is 5. The van der Waals surface area contributed by atoms with Gasteiger partial charge in [-0.05, 0) is 55.5 Å². The van der Waals surface area contributed by atoms with Gasteiger partial charge in [0.2, 0.25) is 0 Å². The van der Waals surface area contributed by atoms with Gasteiger partial charge in [-0.3, -0.25) is 0 Å². The Morgan fingerprint density at radius 3 is 2.40 bits per heavy atom. The maximum atomic E-state index is 13.4. The molecule has 1 fully saturated rings. The summed E-state index contributed by atoms with van der Waals surface area (Å²) in [4.78, 5) is 16.8. The quantitative estimate of drug-likeness (QED) is 0.457. The average Bonchev–Trinajstić information content (AvgIpc) is 2.89. The summed E-state index contributed by atoms with van der Waals surface area (Å²) in [6.45, 7) is 3.75. The lowest BCUT2D eigenvalue weighted by molar-refractivity contribution is 0.184. The number of nitrogens with one attached hydrogen (secondary N) is 1. The van der Waals surface area contributed by atoms with Crippen LogP contribution in [0.4, 0.5) is 20.7 Å².